The average molecular weight is 398 g/mol. The first-order chi connectivity index (χ1) is 14.5. The van der Waals surface area contributed by atoms with Crippen LogP contribution in [0, 0.1) is 13.8 Å². The highest BCUT2D eigenvalue weighted by molar-refractivity contribution is 6.06. The molecule has 0 unspecified atom stereocenters. The van der Waals surface area contributed by atoms with Crippen LogP contribution in [0.4, 0.5) is 5.69 Å². The van der Waals surface area contributed by atoms with Crippen molar-refractivity contribution < 1.29 is 9.59 Å². The number of rotatable bonds is 5. The fourth-order valence-corrected chi connectivity index (χ4v) is 3.41. The molecule has 2 N–H and O–H groups in total. The van der Waals surface area contributed by atoms with Crippen LogP contribution >= 0.6 is 0 Å². The molecule has 4 aromatic rings. The highest BCUT2D eigenvalue weighted by Gasteiger charge is 2.22. The van der Waals surface area contributed by atoms with E-state index in [2.05, 4.69) is 15.6 Å². The summed E-state index contributed by atoms with van der Waals surface area (Å²) in [4.78, 5) is 30.2. The van der Waals surface area contributed by atoms with E-state index >= 15 is 0 Å². The van der Waals surface area contributed by atoms with Crippen molar-refractivity contribution in [1.82, 2.24) is 14.7 Å². The highest BCUT2D eigenvalue weighted by atomic mass is 16.2. The molecule has 4 rings (SSSR count). The van der Waals surface area contributed by atoms with Crippen LogP contribution in [-0.4, -0.2) is 21.2 Å². The minimum Gasteiger partial charge on any atom is -0.347 e. The van der Waals surface area contributed by atoms with Crippen LogP contribution in [0.25, 0.3) is 5.52 Å². The number of para-hydroxylation sites is 1. The molecular formula is C24H22N4O2. The second-order valence-electron chi connectivity index (χ2n) is 7.13. The molecule has 0 aliphatic heterocycles. The van der Waals surface area contributed by atoms with Crippen molar-refractivity contribution in [2.45, 2.75) is 20.4 Å². The lowest BCUT2D eigenvalue weighted by atomic mass is 10.1. The third-order valence-electron chi connectivity index (χ3n) is 4.98. The van der Waals surface area contributed by atoms with Gasteiger partial charge in [-0.3, -0.25) is 14.0 Å². The molecule has 150 valence electrons. The molecule has 0 aliphatic rings. The maximum atomic E-state index is 13.0. The van der Waals surface area contributed by atoms with Crippen LogP contribution in [0.3, 0.4) is 0 Å². The SMILES string of the molecule is Cc1cccc(C)c1NC(=O)c1nc(C(=O)NCc2ccccc2)c2ccccn12. The first-order valence-electron chi connectivity index (χ1n) is 9.71. The number of benzene rings is 2. The smallest absolute Gasteiger partial charge is 0.292 e. The van der Waals surface area contributed by atoms with E-state index in [0.717, 1.165) is 22.4 Å². The number of anilines is 1. The molecule has 6 heteroatoms. The Morgan fingerprint density at radius 2 is 1.57 bits per heavy atom. The van der Waals surface area contributed by atoms with E-state index in [1.807, 2.05) is 68.4 Å². The number of nitrogens with zero attached hydrogens (tertiary/aromatic N) is 2. The van der Waals surface area contributed by atoms with E-state index in [0.29, 0.717) is 12.1 Å². The molecule has 0 radical (unpaired) electrons. The number of nitrogens with one attached hydrogen (secondary N) is 2. The van der Waals surface area contributed by atoms with Crippen LogP contribution in [-0.2, 0) is 6.54 Å². The second-order valence-corrected chi connectivity index (χ2v) is 7.13. The number of carbonyl (C=O) groups excluding carboxylic acids is 2. The fourth-order valence-electron chi connectivity index (χ4n) is 3.41. The number of hydrogen-bond acceptors (Lipinski definition) is 3. The number of fused-ring (bicyclic) bond motifs is 1. The van der Waals surface area contributed by atoms with Crippen molar-refractivity contribution >= 4 is 23.0 Å². The normalized spacial score (nSPS) is 10.7. The summed E-state index contributed by atoms with van der Waals surface area (Å²) < 4.78 is 1.64. The summed E-state index contributed by atoms with van der Waals surface area (Å²) in [6, 6.07) is 20.9. The van der Waals surface area contributed by atoms with E-state index < -0.39 is 0 Å². The van der Waals surface area contributed by atoms with Gasteiger partial charge >= 0.3 is 0 Å². The van der Waals surface area contributed by atoms with Gasteiger partial charge in [-0.2, -0.15) is 0 Å². The zero-order chi connectivity index (χ0) is 21.1. The molecule has 0 fully saturated rings. The van der Waals surface area contributed by atoms with E-state index in [-0.39, 0.29) is 23.3 Å². The maximum absolute atomic E-state index is 13.0. The molecule has 0 saturated heterocycles. The first kappa shape index (κ1) is 19.4. The van der Waals surface area contributed by atoms with Crippen molar-refractivity contribution in [2.75, 3.05) is 5.32 Å². The van der Waals surface area contributed by atoms with Gasteiger partial charge in [0.15, 0.2) is 5.69 Å². The van der Waals surface area contributed by atoms with Crippen LogP contribution in [0.2, 0.25) is 0 Å². The van der Waals surface area contributed by atoms with Crippen molar-refractivity contribution in [3.8, 4) is 0 Å². The molecule has 2 amide bonds. The Labute approximate surface area is 174 Å². The first-order valence-corrected chi connectivity index (χ1v) is 9.71. The minimum atomic E-state index is -0.365. The third kappa shape index (κ3) is 3.80. The Morgan fingerprint density at radius 1 is 0.867 bits per heavy atom. The molecule has 0 atom stereocenters. The molecule has 0 spiro atoms. The summed E-state index contributed by atoms with van der Waals surface area (Å²) in [6.45, 7) is 4.26. The Bertz CT molecular complexity index is 1210. The van der Waals surface area contributed by atoms with Gasteiger partial charge in [0, 0.05) is 18.4 Å². The minimum absolute atomic E-state index is 0.165. The van der Waals surface area contributed by atoms with E-state index in [9.17, 15) is 9.59 Å². The van der Waals surface area contributed by atoms with Gasteiger partial charge in [-0.15, -0.1) is 0 Å². The largest absolute Gasteiger partial charge is 0.347 e. The summed E-state index contributed by atoms with van der Waals surface area (Å²) in [5, 5.41) is 5.82. The Hall–Kier alpha value is -3.93. The van der Waals surface area contributed by atoms with Crippen LogP contribution in [0.1, 0.15) is 37.8 Å². The average Bonchev–Trinajstić information content (AvgIpc) is 3.15. The molecule has 0 saturated carbocycles. The molecule has 2 aromatic heterocycles. The van der Waals surface area contributed by atoms with E-state index in [1.165, 1.54) is 0 Å². The van der Waals surface area contributed by atoms with Gasteiger partial charge in [-0.1, -0.05) is 54.6 Å². The zero-order valence-corrected chi connectivity index (χ0v) is 16.8. The molecular weight excluding hydrogens is 376 g/mol. The third-order valence-corrected chi connectivity index (χ3v) is 4.98. The molecule has 30 heavy (non-hydrogen) atoms. The van der Waals surface area contributed by atoms with Gasteiger partial charge < -0.3 is 10.6 Å². The molecule has 2 heterocycles. The number of aryl methyl sites for hydroxylation is 2. The second kappa shape index (κ2) is 8.21. The topological polar surface area (TPSA) is 75.5 Å². The maximum Gasteiger partial charge on any atom is 0.292 e. The van der Waals surface area contributed by atoms with E-state index in [4.69, 9.17) is 0 Å². The Kier molecular flexibility index (Phi) is 5.30. The summed E-state index contributed by atoms with van der Waals surface area (Å²) in [7, 11) is 0. The van der Waals surface area contributed by atoms with Gasteiger partial charge in [-0.25, -0.2) is 4.98 Å². The predicted molar refractivity (Wildman–Crippen MR) is 117 cm³/mol. The lowest BCUT2D eigenvalue weighted by Crippen LogP contribution is -2.23. The Morgan fingerprint density at radius 3 is 2.30 bits per heavy atom. The number of pyridine rings is 1. The van der Waals surface area contributed by atoms with Gasteiger partial charge in [0.05, 0.1) is 5.52 Å². The lowest BCUT2D eigenvalue weighted by Gasteiger charge is -2.10. The fraction of sp³-hybridized carbons (Fsp3) is 0.125. The molecule has 6 nitrogen and oxygen atoms in total. The lowest BCUT2D eigenvalue weighted by molar-refractivity contribution is 0.0948. The number of aromatic nitrogens is 2. The quantitative estimate of drug-likeness (QED) is 0.531. The molecule has 2 aromatic carbocycles. The van der Waals surface area contributed by atoms with E-state index in [1.54, 1.807) is 22.7 Å². The number of amides is 2. The monoisotopic (exact) mass is 398 g/mol. The van der Waals surface area contributed by atoms with Crippen molar-refractivity contribution in [2.24, 2.45) is 0 Å². The molecule has 0 aliphatic carbocycles. The van der Waals surface area contributed by atoms with Crippen molar-refractivity contribution in [3.05, 3.63) is 101 Å². The van der Waals surface area contributed by atoms with Gasteiger partial charge in [0.1, 0.15) is 0 Å². The van der Waals surface area contributed by atoms with Gasteiger partial charge in [0.2, 0.25) is 5.82 Å². The highest BCUT2D eigenvalue weighted by Crippen LogP contribution is 2.21. The predicted octanol–water partition coefficient (Wildman–Crippen LogP) is 4.13. The summed E-state index contributed by atoms with van der Waals surface area (Å²) in [5.74, 6) is -0.525. The summed E-state index contributed by atoms with van der Waals surface area (Å²) in [5.41, 5.74) is 4.47. The van der Waals surface area contributed by atoms with Gasteiger partial charge in [0.25, 0.3) is 11.8 Å². The molecule has 0 bridgehead atoms. The zero-order valence-electron chi connectivity index (χ0n) is 16.8. The van der Waals surface area contributed by atoms with Crippen LogP contribution in [0.5, 0.6) is 0 Å². The number of imidazole rings is 1. The summed E-state index contributed by atoms with van der Waals surface area (Å²) >= 11 is 0. The van der Waals surface area contributed by atoms with Crippen molar-refractivity contribution in [3.63, 3.8) is 0 Å². The van der Waals surface area contributed by atoms with Crippen molar-refractivity contribution in [1.29, 1.82) is 0 Å². The van der Waals surface area contributed by atoms with Gasteiger partial charge in [-0.05, 0) is 42.7 Å². The van der Waals surface area contributed by atoms with Crippen LogP contribution < -0.4 is 10.6 Å². The van der Waals surface area contributed by atoms with Crippen LogP contribution in [0.15, 0.2) is 72.9 Å². The number of carbonyl (C=O) groups is 2. The number of hydrogen-bond donors (Lipinski definition) is 2. The standard InChI is InChI=1S/C24H22N4O2/c1-16-9-8-10-17(2)20(16)27-24(30)22-26-21(19-13-6-7-14-28(19)22)23(29)25-15-18-11-4-3-5-12-18/h3-14H,15H2,1-2H3,(H,25,29)(H,27,30). The summed E-state index contributed by atoms with van der Waals surface area (Å²) in [6.07, 6.45) is 1.73. The Balaban J connectivity index is 1.63.